The van der Waals surface area contributed by atoms with Crippen LogP contribution in [0.15, 0.2) is 17.1 Å². The van der Waals surface area contributed by atoms with Crippen LogP contribution in [0.5, 0.6) is 5.75 Å². The summed E-state index contributed by atoms with van der Waals surface area (Å²) in [5, 5.41) is 9.34. The van der Waals surface area contributed by atoms with E-state index in [1.54, 1.807) is 4.57 Å². The lowest BCUT2D eigenvalue weighted by Crippen LogP contribution is -2.44. The van der Waals surface area contributed by atoms with Gasteiger partial charge in [0.1, 0.15) is 11.4 Å². The van der Waals surface area contributed by atoms with Crippen molar-refractivity contribution >= 4 is 29.3 Å². The molecule has 0 amide bonds. The molecule has 4 rings (SSSR count). The van der Waals surface area contributed by atoms with Crippen molar-refractivity contribution < 1.29 is 19.0 Å². The number of pyridine rings is 1. The molecule has 0 radical (unpaired) electrons. The summed E-state index contributed by atoms with van der Waals surface area (Å²) in [6.07, 6.45) is 5.30. The zero-order valence-electron chi connectivity index (χ0n) is 14.3. The van der Waals surface area contributed by atoms with Gasteiger partial charge in [-0.25, -0.2) is 9.18 Å². The Kier molecular flexibility index (Phi) is 4.48. The van der Waals surface area contributed by atoms with E-state index < -0.39 is 22.8 Å². The number of aromatic nitrogens is 1. The van der Waals surface area contributed by atoms with Crippen molar-refractivity contribution in [3.8, 4) is 5.75 Å². The fourth-order valence-corrected chi connectivity index (χ4v) is 3.72. The topological polar surface area (TPSA) is 94.6 Å². The van der Waals surface area contributed by atoms with Gasteiger partial charge in [-0.05, 0) is 38.2 Å². The Hall–Kier alpha value is -2.12. The van der Waals surface area contributed by atoms with Crippen LogP contribution in [0.4, 0.5) is 4.39 Å². The largest absolute Gasteiger partial charge is 0.494 e. The molecule has 0 spiro atoms. The van der Waals surface area contributed by atoms with Crippen LogP contribution < -0.4 is 15.9 Å². The standard InChI is InChI=1S/C18H19FN2O4.ClH/c1-25-16-13(18(20)5-2-6-18)12(19)7-10-14(16)21(9-3-4-9)8-11(15(10)22)17(23)24;/h7-9H,2-6,20H2,1H3,(H,23,24);1H. The maximum Gasteiger partial charge on any atom is 0.341 e. The van der Waals surface area contributed by atoms with Crippen LogP contribution in [-0.4, -0.2) is 22.8 Å². The second-order valence-electron chi connectivity index (χ2n) is 6.99. The molecule has 2 aromatic rings. The normalized spacial score (nSPS) is 18.1. The fourth-order valence-electron chi connectivity index (χ4n) is 3.72. The third kappa shape index (κ3) is 2.57. The number of fused-ring (bicyclic) bond motifs is 1. The predicted molar refractivity (Wildman–Crippen MR) is 96.9 cm³/mol. The number of nitrogens with zero attached hydrogens (tertiary/aromatic N) is 1. The summed E-state index contributed by atoms with van der Waals surface area (Å²) in [5.74, 6) is -1.69. The number of carboxylic acids is 1. The Morgan fingerprint density at radius 2 is 2.08 bits per heavy atom. The van der Waals surface area contributed by atoms with E-state index in [2.05, 4.69) is 0 Å². The molecule has 2 fully saturated rings. The van der Waals surface area contributed by atoms with Crippen molar-refractivity contribution in [1.29, 1.82) is 0 Å². The SMILES string of the molecule is COc1c(C2(N)CCC2)c(F)cc2c(=O)c(C(=O)O)cn(C3CC3)c12.Cl. The van der Waals surface area contributed by atoms with E-state index in [4.69, 9.17) is 10.5 Å². The molecule has 0 unspecified atom stereocenters. The minimum absolute atomic E-state index is 0. The Labute approximate surface area is 155 Å². The van der Waals surface area contributed by atoms with E-state index in [0.717, 1.165) is 25.3 Å². The number of rotatable bonds is 4. The highest BCUT2D eigenvalue weighted by Crippen LogP contribution is 2.48. The second-order valence-corrected chi connectivity index (χ2v) is 6.99. The summed E-state index contributed by atoms with van der Waals surface area (Å²) < 4.78 is 22.1. The molecule has 2 aliphatic carbocycles. The molecule has 8 heteroatoms. The average Bonchev–Trinajstić information content (AvgIpc) is 3.37. The van der Waals surface area contributed by atoms with Crippen LogP contribution in [0.25, 0.3) is 10.9 Å². The van der Waals surface area contributed by atoms with E-state index in [0.29, 0.717) is 18.4 Å². The number of methoxy groups -OCH3 is 1. The minimum atomic E-state index is -1.32. The quantitative estimate of drug-likeness (QED) is 0.847. The Balaban J connectivity index is 0.00000196. The molecule has 2 aliphatic rings. The molecule has 0 saturated heterocycles. The number of aromatic carboxylic acids is 1. The molecule has 3 N–H and O–H groups in total. The van der Waals surface area contributed by atoms with Gasteiger partial charge in [0, 0.05) is 17.8 Å². The highest BCUT2D eigenvalue weighted by atomic mass is 35.5. The van der Waals surface area contributed by atoms with Crippen LogP contribution >= 0.6 is 12.4 Å². The fraction of sp³-hybridized carbons (Fsp3) is 0.444. The van der Waals surface area contributed by atoms with Gasteiger partial charge in [-0.3, -0.25) is 4.79 Å². The van der Waals surface area contributed by atoms with Crippen molar-refractivity contribution in [2.75, 3.05) is 7.11 Å². The lowest BCUT2D eigenvalue weighted by Gasteiger charge is -2.39. The van der Waals surface area contributed by atoms with E-state index in [-0.39, 0.29) is 40.7 Å². The van der Waals surface area contributed by atoms with Crippen LogP contribution in [0.3, 0.4) is 0 Å². The Morgan fingerprint density at radius 3 is 2.54 bits per heavy atom. The monoisotopic (exact) mass is 382 g/mol. The van der Waals surface area contributed by atoms with Gasteiger partial charge in [-0.1, -0.05) is 0 Å². The maximum atomic E-state index is 14.9. The number of carbonyl (C=O) groups is 1. The molecule has 1 aromatic carbocycles. The zero-order chi connectivity index (χ0) is 17.9. The van der Waals surface area contributed by atoms with Crippen LogP contribution in [0, 0.1) is 5.82 Å². The summed E-state index contributed by atoms with van der Waals surface area (Å²) in [4.78, 5) is 24.0. The summed E-state index contributed by atoms with van der Waals surface area (Å²) >= 11 is 0. The van der Waals surface area contributed by atoms with Gasteiger partial charge >= 0.3 is 5.97 Å². The van der Waals surface area contributed by atoms with Crippen LogP contribution in [-0.2, 0) is 5.54 Å². The summed E-state index contributed by atoms with van der Waals surface area (Å²) in [6.45, 7) is 0. The second kappa shape index (κ2) is 6.25. The number of hydrogen-bond donors (Lipinski definition) is 2. The van der Waals surface area contributed by atoms with E-state index in [1.807, 2.05) is 0 Å². The van der Waals surface area contributed by atoms with E-state index >= 15 is 0 Å². The highest BCUT2D eigenvalue weighted by Gasteiger charge is 2.41. The first kappa shape index (κ1) is 18.7. The van der Waals surface area contributed by atoms with E-state index in [1.165, 1.54) is 13.3 Å². The van der Waals surface area contributed by atoms with Crippen molar-refractivity contribution in [2.24, 2.45) is 5.73 Å². The van der Waals surface area contributed by atoms with Gasteiger partial charge in [0.05, 0.1) is 23.6 Å². The maximum absolute atomic E-state index is 14.9. The smallest absolute Gasteiger partial charge is 0.341 e. The molecule has 1 heterocycles. The van der Waals surface area contributed by atoms with Crippen molar-refractivity contribution in [1.82, 2.24) is 4.57 Å². The van der Waals surface area contributed by atoms with Crippen molar-refractivity contribution in [2.45, 2.75) is 43.7 Å². The molecule has 6 nitrogen and oxygen atoms in total. The first-order valence-electron chi connectivity index (χ1n) is 8.35. The number of ether oxygens (including phenoxy) is 1. The Bertz CT molecular complexity index is 964. The third-order valence-electron chi connectivity index (χ3n) is 5.34. The lowest BCUT2D eigenvalue weighted by molar-refractivity contribution is 0.0694. The van der Waals surface area contributed by atoms with Gasteiger partial charge in [-0.2, -0.15) is 0 Å². The first-order valence-corrected chi connectivity index (χ1v) is 8.35. The third-order valence-corrected chi connectivity index (χ3v) is 5.34. The molecule has 0 aliphatic heterocycles. The molecule has 0 atom stereocenters. The molecule has 26 heavy (non-hydrogen) atoms. The van der Waals surface area contributed by atoms with Gasteiger partial charge in [-0.15, -0.1) is 12.4 Å². The first-order chi connectivity index (χ1) is 11.9. The number of nitrogens with two attached hydrogens (primary N) is 1. The van der Waals surface area contributed by atoms with Gasteiger partial charge < -0.3 is 20.1 Å². The van der Waals surface area contributed by atoms with Gasteiger partial charge in [0.15, 0.2) is 5.75 Å². The van der Waals surface area contributed by atoms with Crippen molar-refractivity contribution in [3.63, 3.8) is 0 Å². The minimum Gasteiger partial charge on any atom is -0.494 e. The number of carboxylic acid groups (broad SMARTS) is 1. The zero-order valence-corrected chi connectivity index (χ0v) is 15.1. The molecule has 0 bridgehead atoms. The molecular formula is C18H20ClFN2O4. The van der Waals surface area contributed by atoms with E-state index in [9.17, 15) is 19.1 Å². The summed E-state index contributed by atoms with van der Waals surface area (Å²) in [6, 6.07) is 1.21. The highest BCUT2D eigenvalue weighted by molar-refractivity contribution is 5.95. The molecule has 2 saturated carbocycles. The van der Waals surface area contributed by atoms with Gasteiger partial charge in [0.25, 0.3) is 0 Å². The number of hydrogen-bond acceptors (Lipinski definition) is 4. The summed E-state index contributed by atoms with van der Waals surface area (Å²) in [7, 11) is 1.42. The molecule has 140 valence electrons. The molecular weight excluding hydrogens is 363 g/mol. The van der Waals surface area contributed by atoms with Crippen molar-refractivity contribution in [3.05, 3.63) is 39.4 Å². The van der Waals surface area contributed by atoms with Crippen LogP contribution in [0.1, 0.15) is 54.1 Å². The lowest BCUT2D eigenvalue weighted by atomic mass is 9.72. The number of benzene rings is 1. The Morgan fingerprint density at radius 1 is 1.42 bits per heavy atom. The average molecular weight is 383 g/mol. The van der Waals surface area contributed by atoms with Crippen LogP contribution in [0.2, 0.25) is 0 Å². The number of halogens is 2. The van der Waals surface area contributed by atoms with Gasteiger partial charge in [0.2, 0.25) is 5.43 Å². The molecule has 1 aromatic heterocycles. The predicted octanol–water partition coefficient (Wildman–Crippen LogP) is 2.94. The summed E-state index contributed by atoms with van der Waals surface area (Å²) in [5.41, 5.74) is 5.20.